The summed E-state index contributed by atoms with van der Waals surface area (Å²) >= 11 is 5.87. The Balaban J connectivity index is 1.87. The summed E-state index contributed by atoms with van der Waals surface area (Å²) in [5.74, 6) is -0.859. The number of nitrogens with zero attached hydrogens (tertiary/aromatic N) is 2. The Morgan fingerprint density at radius 3 is 2.86 bits per heavy atom. The average molecular weight is 305 g/mol. The van der Waals surface area contributed by atoms with Crippen LogP contribution in [0.3, 0.4) is 0 Å². The highest BCUT2D eigenvalue weighted by atomic mass is 35.5. The minimum Gasteiger partial charge on any atom is -0.331 e. The van der Waals surface area contributed by atoms with Gasteiger partial charge < -0.3 is 4.90 Å². The van der Waals surface area contributed by atoms with Gasteiger partial charge in [-0.15, -0.1) is 0 Å². The maximum Gasteiger partial charge on any atom is 0.257 e. The Hall–Kier alpha value is -1.94. The van der Waals surface area contributed by atoms with E-state index in [4.69, 9.17) is 11.6 Å². The van der Waals surface area contributed by atoms with Crippen LogP contribution in [0.4, 0.5) is 4.39 Å². The molecule has 0 N–H and O–H groups in total. The van der Waals surface area contributed by atoms with Crippen LogP contribution in [-0.2, 0) is 6.54 Å². The first-order valence-corrected chi connectivity index (χ1v) is 7.18. The van der Waals surface area contributed by atoms with Gasteiger partial charge in [0.05, 0.1) is 5.56 Å². The Kier molecular flexibility index (Phi) is 3.88. The Morgan fingerprint density at radius 2 is 2.19 bits per heavy atom. The number of amides is 1. The lowest BCUT2D eigenvalue weighted by atomic mass is 10.1. The highest BCUT2D eigenvalue weighted by Crippen LogP contribution is 2.30. The molecule has 1 amide bonds. The SMILES string of the molecule is O=C(c1cc(Cl)ccc1F)N(Cc1cccnc1)C1CC1. The first-order valence-electron chi connectivity index (χ1n) is 6.80. The van der Waals surface area contributed by atoms with E-state index in [1.54, 1.807) is 17.3 Å². The molecular formula is C16H14ClFN2O. The summed E-state index contributed by atoms with van der Waals surface area (Å²) < 4.78 is 13.9. The molecule has 1 aliphatic rings. The molecule has 3 nitrogen and oxygen atoms in total. The number of carbonyl (C=O) groups excluding carboxylic acids is 1. The van der Waals surface area contributed by atoms with Gasteiger partial charge in [0.1, 0.15) is 5.82 Å². The van der Waals surface area contributed by atoms with Gasteiger partial charge in [-0.2, -0.15) is 0 Å². The number of pyridine rings is 1. The van der Waals surface area contributed by atoms with Crippen molar-refractivity contribution in [3.05, 3.63) is 64.7 Å². The molecule has 1 heterocycles. The van der Waals surface area contributed by atoms with E-state index < -0.39 is 5.82 Å². The molecule has 0 spiro atoms. The molecule has 1 aromatic carbocycles. The largest absolute Gasteiger partial charge is 0.331 e. The third kappa shape index (κ3) is 3.22. The summed E-state index contributed by atoms with van der Waals surface area (Å²) in [6.45, 7) is 0.434. The van der Waals surface area contributed by atoms with Crippen molar-refractivity contribution in [2.75, 3.05) is 0 Å². The standard InChI is InChI=1S/C16H14ClFN2O/c17-12-3-6-15(18)14(8-12)16(21)20(13-4-5-13)10-11-2-1-7-19-9-11/h1-3,6-9,13H,4-5,10H2. The molecule has 2 aromatic rings. The summed E-state index contributed by atoms with van der Waals surface area (Å²) in [6, 6.07) is 7.96. The van der Waals surface area contributed by atoms with E-state index in [-0.39, 0.29) is 17.5 Å². The van der Waals surface area contributed by atoms with Gasteiger partial charge >= 0.3 is 0 Å². The predicted octanol–water partition coefficient (Wildman–Crippen LogP) is 3.68. The number of hydrogen-bond donors (Lipinski definition) is 0. The maximum absolute atomic E-state index is 13.9. The van der Waals surface area contributed by atoms with E-state index in [0.717, 1.165) is 18.4 Å². The molecule has 0 bridgehead atoms. The van der Waals surface area contributed by atoms with Crippen molar-refractivity contribution < 1.29 is 9.18 Å². The Morgan fingerprint density at radius 1 is 1.38 bits per heavy atom. The summed E-state index contributed by atoms with van der Waals surface area (Å²) in [5, 5.41) is 0.358. The van der Waals surface area contributed by atoms with Crippen LogP contribution in [0.1, 0.15) is 28.8 Å². The van der Waals surface area contributed by atoms with Crippen LogP contribution in [0.25, 0.3) is 0 Å². The zero-order valence-corrected chi connectivity index (χ0v) is 12.1. The fraction of sp³-hybridized carbons (Fsp3) is 0.250. The zero-order chi connectivity index (χ0) is 14.8. The number of hydrogen-bond acceptors (Lipinski definition) is 2. The third-order valence-electron chi connectivity index (χ3n) is 3.48. The number of rotatable bonds is 4. The zero-order valence-electron chi connectivity index (χ0n) is 11.3. The lowest BCUT2D eigenvalue weighted by molar-refractivity contribution is 0.0725. The van der Waals surface area contributed by atoms with Gasteiger partial charge in [0.15, 0.2) is 0 Å². The number of aromatic nitrogens is 1. The molecule has 1 aromatic heterocycles. The van der Waals surface area contributed by atoms with Crippen molar-refractivity contribution in [3.8, 4) is 0 Å². The second kappa shape index (κ2) is 5.82. The van der Waals surface area contributed by atoms with Crippen LogP contribution in [-0.4, -0.2) is 21.8 Å². The second-order valence-electron chi connectivity index (χ2n) is 5.15. The van der Waals surface area contributed by atoms with Crippen LogP contribution < -0.4 is 0 Å². The molecule has 0 aliphatic heterocycles. The van der Waals surface area contributed by atoms with Gasteiger partial charge in [0.2, 0.25) is 0 Å². The highest BCUT2D eigenvalue weighted by Gasteiger charge is 2.34. The van der Waals surface area contributed by atoms with Gasteiger partial charge in [-0.05, 0) is 42.7 Å². The van der Waals surface area contributed by atoms with E-state index in [2.05, 4.69) is 4.98 Å². The van der Waals surface area contributed by atoms with E-state index in [1.165, 1.54) is 18.2 Å². The predicted molar refractivity (Wildman–Crippen MR) is 78.5 cm³/mol. The lowest BCUT2D eigenvalue weighted by Crippen LogP contribution is -2.33. The Labute approximate surface area is 127 Å². The van der Waals surface area contributed by atoms with Crippen molar-refractivity contribution in [2.24, 2.45) is 0 Å². The van der Waals surface area contributed by atoms with E-state index in [9.17, 15) is 9.18 Å². The van der Waals surface area contributed by atoms with Crippen LogP contribution in [0, 0.1) is 5.82 Å². The fourth-order valence-corrected chi connectivity index (χ4v) is 2.43. The van der Waals surface area contributed by atoms with Gasteiger partial charge in [-0.1, -0.05) is 17.7 Å². The molecular weight excluding hydrogens is 291 g/mol. The molecule has 0 atom stereocenters. The molecule has 1 saturated carbocycles. The topological polar surface area (TPSA) is 33.2 Å². The smallest absolute Gasteiger partial charge is 0.257 e. The van der Waals surface area contributed by atoms with Gasteiger partial charge in [-0.25, -0.2) is 4.39 Å². The molecule has 1 fully saturated rings. The number of carbonyl (C=O) groups is 1. The highest BCUT2D eigenvalue weighted by molar-refractivity contribution is 6.31. The van der Waals surface area contributed by atoms with Gasteiger partial charge in [0, 0.05) is 30.0 Å². The minimum absolute atomic E-state index is 0.0262. The quantitative estimate of drug-likeness (QED) is 0.863. The van der Waals surface area contributed by atoms with Crippen molar-refractivity contribution >= 4 is 17.5 Å². The lowest BCUT2D eigenvalue weighted by Gasteiger charge is -2.22. The summed E-state index contributed by atoms with van der Waals surface area (Å²) in [4.78, 5) is 18.4. The average Bonchev–Trinajstić information content (AvgIpc) is 3.32. The number of benzene rings is 1. The monoisotopic (exact) mass is 304 g/mol. The first-order chi connectivity index (χ1) is 10.1. The van der Waals surface area contributed by atoms with Crippen LogP contribution in [0.5, 0.6) is 0 Å². The Bertz CT molecular complexity index is 659. The first kappa shape index (κ1) is 14.0. The van der Waals surface area contributed by atoms with Crippen LogP contribution in [0.15, 0.2) is 42.7 Å². The van der Waals surface area contributed by atoms with E-state index in [1.807, 2.05) is 12.1 Å². The van der Waals surface area contributed by atoms with Crippen molar-refractivity contribution in [2.45, 2.75) is 25.4 Å². The second-order valence-corrected chi connectivity index (χ2v) is 5.59. The molecule has 0 radical (unpaired) electrons. The normalized spacial score (nSPS) is 14.0. The van der Waals surface area contributed by atoms with Crippen LogP contribution in [0.2, 0.25) is 5.02 Å². The molecule has 1 aliphatic carbocycles. The summed E-state index contributed by atoms with van der Waals surface area (Å²) in [6.07, 6.45) is 5.31. The summed E-state index contributed by atoms with van der Waals surface area (Å²) in [7, 11) is 0. The molecule has 0 unspecified atom stereocenters. The van der Waals surface area contributed by atoms with Crippen molar-refractivity contribution in [1.82, 2.24) is 9.88 Å². The maximum atomic E-state index is 13.9. The van der Waals surface area contributed by atoms with Gasteiger partial charge in [-0.3, -0.25) is 9.78 Å². The van der Waals surface area contributed by atoms with Crippen molar-refractivity contribution in [1.29, 1.82) is 0 Å². The van der Waals surface area contributed by atoms with E-state index >= 15 is 0 Å². The van der Waals surface area contributed by atoms with E-state index in [0.29, 0.717) is 11.6 Å². The van der Waals surface area contributed by atoms with Crippen LogP contribution >= 0.6 is 11.6 Å². The number of halogens is 2. The summed E-state index contributed by atoms with van der Waals surface area (Å²) in [5.41, 5.74) is 0.957. The molecule has 3 rings (SSSR count). The molecule has 108 valence electrons. The molecule has 0 saturated heterocycles. The van der Waals surface area contributed by atoms with Crippen molar-refractivity contribution in [3.63, 3.8) is 0 Å². The third-order valence-corrected chi connectivity index (χ3v) is 3.72. The minimum atomic E-state index is -0.541. The fourth-order valence-electron chi connectivity index (χ4n) is 2.26. The molecule has 21 heavy (non-hydrogen) atoms. The van der Waals surface area contributed by atoms with Gasteiger partial charge in [0.25, 0.3) is 5.91 Å². The molecule has 5 heteroatoms.